The molecule has 0 nitrogen and oxygen atoms in total. The van der Waals surface area contributed by atoms with E-state index in [9.17, 15) is 3.32 Å². The Morgan fingerprint density at radius 1 is 1.00 bits per heavy atom. The fourth-order valence-corrected chi connectivity index (χ4v) is 0.342. The van der Waals surface area contributed by atoms with Gasteiger partial charge in [-0.15, -0.1) is 0 Å². The first-order valence-electron chi connectivity index (χ1n) is 2.18. The average molecular weight is 161 g/mol. The van der Waals surface area contributed by atoms with Crippen LogP contribution in [0.25, 0.3) is 0 Å². The third-order valence-corrected chi connectivity index (χ3v) is 0.607. The summed E-state index contributed by atoms with van der Waals surface area (Å²) in [5, 5.41) is 0. The molecule has 0 saturated carbocycles. The van der Waals surface area contributed by atoms with Crippen molar-refractivity contribution in [2.45, 2.75) is 0 Å². The van der Waals surface area contributed by atoms with Crippen LogP contribution >= 0.6 is 0 Å². The first-order valence-corrected chi connectivity index (χ1v) is 3.30. The molecule has 2 heteroatoms. The summed E-state index contributed by atoms with van der Waals surface area (Å²) in [7, 11) is 0. The van der Waals surface area contributed by atoms with E-state index in [4.69, 9.17) is 0 Å². The molecule has 0 aliphatic carbocycles. The normalized spacial score (nSPS) is 6.88. The van der Waals surface area contributed by atoms with E-state index in [1.165, 1.54) is 0 Å². The molecule has 0 aliphatic rings. The van der Waals surface area contributed by atoms with Crippen molar-refractivity contribution in [3.63, 3.8) is 0 Å². The van der Waals surface area contributed by atoms with Gasteiger partial charge in [-0.25, -0.2) is 0 Å². The van der Waals surface area contributed by atoms with Gasteiger partial charge < -0.3 is 0 Å². The van der Waals surface area contributed by atoms with E-state index in [0.717, 1.165) is 0 Å². The van der Waals surface area contributed by atoms with E-state index in [2.05, 4.69) is 6.07 Å². The molecular weight excluding hydrogens is 156 g/mol. The molecular formula is C6H5FZn. The maximum Gasteiger partial charge on any atom is -0.171 e. The third-order valence-electron chi connectivity index (χ3n) is 0.607. The van der Waals surface area contributed by atoms with Crippen molar-refractivity contribution in [2.75, 3.05) is 0 Å². The molecule has 1 rings (SSSR count). The van der Waals surface area contributed by atoms with Crippen molar-refractivity contribution in [1.29, 1.82) is 0 Å². The molecule has 1 aromatic carbocycles. The molecule has 0 heterocycles. The molecule has 38 valence electrons. The molecule has 0 atom stereocenters. The van der Waals surface area contributed by atoms with Gasteiger partial charge in [0.05, 0.1) is 0 Å². The minimum absolute atomic E-state index is 0.125. The van der Waals surface area contributed by atoms with Gasteiger partial charge in [-0.05, 0) is 0 Å². The molecule has 0 N–H and O–H groups in total. The molecule has 0 saturated heterocycles. The van der Waals surface area contributed by atoms with Gasteiger partial charge in [-0.3, -0.25) is 0 Å². The van der Waals surface area contributed by atoms with Crippen LogP contribution in [-0.4, -0.2) is 0 Å². The fraction of sp³-hybridized carbons (Fsp3) is 0. The van der Waals surface area contributed by atoms with Gasteiger partial charge >= 0.3 is 22.1 Å². The predicted molar refractivity (Wildman–Crippen MR) is 26.4 cm³/mol. The monoisotopic (exact) mass is 160 g/mol. The van der Waals surface area contributed by atoms with Crippen LogP contribution in [0.3, 0.4) is 0 Å². The van der Waals surface area contributed by atoms with Gasteiger partial charge in [-0.2, -0.15) is 36.4 Å². The van der Waals surface area contributed by atoms with Crippen molar-refractivity contribution >= 4 is 0 Å². The second-order valence-corrected chi connectivity index (χ2v) is 1.08. The standard InChI is InChI=1S/C6H5.FH.Zn/c1-2-4-6-5-3-1;;/h1-5H;1H;/q-1;;+2/p-1. The summed E-state index contributed by atoms with van der Waals surface area (Å²) in [5.41, 5.74) is 0. The van der Waals surface area contributed by atoms with Crippen LogP contribution in [0.4, 0.5) is 3.32 Å². The first kappa shape index (κ1) is 7.77. The zero-order chi connectivity index (χ0) is 6.24. The molecule has 0 unspecified atom stereocenters. The Morgan fingerprint density at radius 2 is 1.50 bits per heavy atom. The molecule has 0 aromatic heterocycles. The average Bonchev–Trinajstić information content (AvgIpc) is 1.96. The Morgan fingerprint density at radius 3 is 1.62 bits per heavy atom. The van der Waals surface area contributed by atoms with E-state index in [-0.39, 0.29) is 18.8 Å². The number of benzene rings is 1. The first-order chi connectivity index (χ1) is 4.00. The second kappa shape index (κ2) is 6.77. The van der Waals surface area contributed by atoms with E-state index in [1.54, 1.807) is 0 Å². The smallest absolute Gasteiger partial charge is 0.171 e. The molecule has 8 heavy (non-hydrogen) atoms. The second-order valence-electron chi connectivity index (χ2n) is 1.08. The van der Waals surface area contributed by atoms with Gasteiger partial charge in [0.15, 0.2) is 0 Å². The zero-order valence-corrected chi connectivity index (χ0v) is 7.44. The summed E-state index contributed by atoms with van der Waals surface area (Å²) < 4.78 is 9.62. The summed E-state index contributed by atoms with van der Waals surface area (Å²) in [6, 6.07) is 12.5. The SMILES string of the molecule is [F][Zn+].[c-]1ccccc1. The minimum atomic E-state index is -0.125. The molecule has 0 aliphatic heterocycles. The van der Waals surface area contributed by atoms with Crippen LogP contribution in [0.5, 0.6) is 0 Å². The summed E-state index contributed by atoms with van der Waals surface area (Å²) in [6.07, 6.45) is 0. The largest absolute Gasteiger partial charge is 0.184 e. The Balaban J connectivity index is 0.000000222. The third kappa shape index (κ3) is 3.95. The van der Waals surface area contributed by atoms with E-state index >= 15 is 0 Å². The summed E-state index contributed by atoms with van der Waals surface area (Å²) in [4.78, 5) is 0. The predicted octanol–water partition coefficient (Wildman–Crippen LogP) is 1.90. The fourth-order valence-electron chi connectivity index (χ4n) is 0.342. The molecule has 0 radical (unpaired) electrons. The molecule has 0 spiro atoms. The number of hydrogen-bond donors (Lipinski definition) is 0. The van der Waals surface area contributed by atoms with Crippen LogP contribution < -0.4 is 0 Å². The van der Waals surface area contributed by atoms with E-state index < -0.39 is 0 Å². The van der Waals surface area contributed by atoms with Gasteiger partial charge in [0.2, 0.25) is 0 Å². The van der Waals surface area contributed by atoms with Crippen molar-refractivity contribution in [3.05, 3.63) is 36.4 Å². The molecule has 0 fully saturated rings. The Hall–Kier alpha value is -0.227. The Bertz CT molecular complexity index is 80.5. The Kier molecular flexibility index (Phi) is 6.58. The number of hydrogen-bond acceptors (Lipinski definition) is 0. The maximum absolute atomic E-state index is 9.62. The molecule has 0 amide bonds. The van der Waals surface area contributed by atoms with E-state index in [0.29, 0.717) is 0 Å². The maximum atomic E-state index is 9.62. The number of rotatable bonds is 0. The van der Waals surface area contributed by atoms with Crippen molar-refractivity contribution in [3.8, 4) is 0 Å². The summed E-state index contributed by atoms with van der Waals surface area (Å²) in [5.74, 6) is 0. The summed E-state index contributed by atoms with van der Waals surface area (Å²) >= 11 is -0.125. The van der Waals surface area contributed by atoms with Crippen molar-refractivity contribution in [2.24, 2.45) is 0 Å². The zero-order valence-electron chi connectivity index (χ0n) is 4.47. The topological polar surface area (TPSA) is 0 Å². The quantitative estimate of drug-likeness (QED) is 0.403. The van der Waals surface area contributed by atoms with Gasteiger partial charge in [0, 0.05) is 0 Å². The van der Waals surface area contributed by atoms with E-state index in [1.807, 2.05) is 30.3 Å². The van der Waals surface area contributed by atoms with Gasteiger partial charge in [0.1, 0.15) is 0 Å². The van der Waals surface area contributed by atoms with Crippen LogP contribution in [0, 0.1) is 6.07 Å². The number of halogens is 1. The van der Waals surface area contributed by atoms with Crippen molar-refractivity contribution < 1.29 is 22.1 Å². The van der Waals surface area contributed by atoms with Crippen LogP contribution in [-0.2, 0) is 18.8 Å². The van der Waals surface area contributed by atoms with Crippen LogP contribution in [0.2, 0.25) is 0 Å². The van der Waals surface area contributed by atoms with Gasteiger partial charge in [-0.1, -0.05) is 0 Å². The van der Waals surface area contributed by atoms with Crippen molar-refractivity contribution in [1.82, 2.24) is 0 Å². The summed E-state index contributed by atoms with van der Waals surface area (Å²) in [6.45, 7) is 0. The van der Waals surface area contributed by atoms with Crippen LogP contribution in [0.15, 0.2) is 30.3 Å². The van der Waals surface area contributed by atoms with Crippen LogP contribution in [0.1, 0.15) is 0 Å². The van der Waals surface area contributed by atoms with Gasteiger partial charge in [0.25, 0.3) is 0 Å². The minimum Gasteiger partial charge on any atom is -0.184 e. The Labute approximate surface area is 59.0 Å². The molecule has 0 bridgehead atoms. The molecule has 1 aromatic rings.